The zero-order valence-electron chi connectivity index (χ0n) is 9.98. The largest absolute Gasteiger partial charge is 0.478 e. The van der Waals surface area contributed by atoms with Gasteiger partial charge in [-0.2, -0.15) is 0 Å². The third kappa shape index (κ3) is 4.36. The fourth-order valence-corrected chi connectivity index (χ4v) is 1.43. The van der Waals surface area contributed by atoms with E-state index in [1.54, 1.807) is 6.07 Å². The lowest BCUT2D eigenvalue weighted by Gasteiger charge is -2.15. The normalized spacial score (nSPS) is 11.3. The Labute approximate surface area is 100 Å². The number of nitrogens with zero attached hydrogens (tertiary/aromatic N) is 1. The highest BCUT2D eigenvalue weighted by molar-refractivity contribution is 5.85. The van der Waals surface area contributed by atoms with Crippen LogP contribution in [0.5, 0.6) is 0 Å². The minimum absolute atomic E-state index is 0.363. The maximum atomic E-state index is 13.1. The van der Waals surface area contributed by atoms with Crippen molar-refractivity contribution in [3.8, 4) is 0 Å². The number of carbonyl (C=O) groups is 1. The van der Waals surface area contributed by atoms with Crippen LogP contribution in [0.3, 0.4) is 0 Å². The van der Waals surface area contributed by atoms with Gasteiger partial charge in [0.15, 0.2) is 0 Å². The second-order valence-corrected chi connectivity index (χ2v) is 3.85. The van der Waals surface area contributed by atoms with Gasteiger partial charge >= 0.3 is 5.97 Å². The second-order valence-electron chi connectivity index (χ2n) is 3.85. The molecule has 17 heavy (non-hydrogen) atoms. The predicted octanol–water partition coefficient (Wildman–Crippen LogP) is 2.38. The second kappa shape index (κ2) is 6.15. The van der Waals surface area contributed by atoms with Crippen LogP contribution in [0.4, 0.5) is 4.39 Å². The molecule has 1 aromatic rings. The molecule has 0 spiro atoms. The van der Waals surface area contributed by atoms with E-state index in [-0.39, 0.29) is 5.82 Å². The Balaban J connectivity index is 2.99. The number of rotatable bonds is 5. The van der Waals surface area contributed by atoms with Gasteiger partial charge in [0.05, 0.1) is 0 Å². The first-order valence-corrected chi connectivity index (χ1v) is 5.41. The van der Waals surface area contributed by atoms with Crippen molar-refractivity contribution in [2.75, 3.05) is 13.6 Å². The summed E-state index contributed by atoms with van der Waals surface area (Å²) in [7, 11) is 1.95. The molecule has 0 bridgehead atoms. The lowest BCUT2D eigenvalue weighted by Crippen LogP contribution is -2.17. The van der Waals surface area contributed by atoms with Crippen LogP contribution in [0.25, 0.3) is 6.08 Å². The average molecular weight is 237 g/mol. The van der Waals surface area contributed by atoms with E-state index >= 15 is 0 Å². The highest BCUT2D eigenvalue weighted by Gasteiger charge is 2.04. The first-order chi connectivity index (χ1) is 8.02. The van der Waals surface area contributed by atoms with Crippen LogP contribution in [0.2, 0.25) is 0 Å². The Morgan fingerprint density at radius 1 is 1.53 bits per heavy atom. The zero-order valence-corrected chi connectivity index (χ0v) is 9.98. The Hall–Kier alpha value is -1.68. The van der Waals surface area contributed by atoms with Gasteiger partial charge in [0.1, 0.15) is 5.82 Å². The summed E-state index contributed by atoms with van der Waals surface area (Å²) in [6.45, 7) is 3.56. The van der Waals surface area contributed by atoms with Crippen molar-refractivity contribution < 1.29 is 14.3 Å². The molecule has 0 fully saturated rings. The van der Waals surface area contributed by atoms with Gasteiger partial charge in [0.2, 0.25) is 0 Å². The van der Waals surface area contributed by atoms with Gasteiger partial charge in [-0.15, -0.1) is 0 Å². The van der Waals surface area contributed by atoms with Crippen molar-refractivity contribution in [3.63, 3.8) is 0 Å². The fraction of sp³-hybridized carbons (Fsp3) is 0.308. The summed E-state index contributed by atoms with van der Waals surface area (Å²) < 4.78 is 13.1. The van der Waals surface area contributed by atoms with E-state index in [1.807, 2.05) is 14.0 Å². The molecular formula is C13H16FNO2. The molecule has 1 aromatic carbocycles. The summed E-state index contributed by atoms with van der Waals surface area (Å²) >= 11 is 0. The summed E-state index contributed by atoms with van der Waals surface area (Å²) in [5.41, 5.74) is 1.51. The molecule has 3 nitrogen and oxygen atoms in total. The lowest BCUT2D eigenvalue weighted by molar-refractivity contribution is -0.131. The zero-order chi connectivity index (χ0) is 12.8. The number of carboxylic acids is 1. The number of hydrogen-bond donors (Lipinski definition) is 1. The number of benzene rings is 1. The van der Waals surface area contributed by atoms with E-state index in [2.05, 4.69) is 4.90 Å². The van der Waals surface area contributed by atoms with E-state index in [0.717, 1.165) is 18.2 Å². The van der Waals surface area contributed by atoms with Gasteiger partial charge in [0.25, 0.3) is 0 Å². The van der Waals surface area contributed by atoms with Gasteiger partial charge in [-0.05, 0) is 42.9 Å². The van der Waals surface area contributed by atoms with Gasteiger partial charge < -0.3 is 10.0 Å². The maximum absolute atomic E-state index is 13.1. The SMILES string of the molecule is CCN(C)Cc1ccc(F)cc1/C=C/C(=O)O. The van der Waals surface area contributed by atoms with Crippen molar-refractivity contribution in [1.82, 2.24) is 4.90 Å². The lowest BCUT2D eigenvalue weighted by atomic mass is 10.1. The average Bonchev–Trinajstić information content (AvgIpc) is 2.29. The smallest absolute Gasteiger partial charge is 0.328 e. The highest BCUT2D eigenvalue weighted by Crippen LogP contribution is 2.15. The van der Waals surface area contributed by atoms with E-state index in [1.165, 1.54) is 18.2 Å². The first kappa shape index (κ1) is 13.4. The Bertz CT molecular complexity index is 429. The van der Waals surface area contributed by atoms with Crippen LogP contribution in [-0.2, 0) is 11.3 Å². The van der Waals surface area contributed by atoms with Crippen LogP contribution < -0.4 is 0 Å². The predicted molar refractivity (Wildman–Crippen MR) is 65.1 cm³/mol. The molecule has 0 aromatic heterocycles. The van der Waals surface area contributed by atoms with Crippen LogP contribution in [0, 0.1) is 5.82 Å². The number of halogens is 1. The molecule has 0 aliphatic heterocycles. The minimum Gasteiger partial charge on any atom is -0.478 e. The van der Waals surface area contributed by atoms with Crippen molar-refractivity contribution in [1.29, 1.82) is 0 Å². The molecule has 0 atom stereocenters. The topological polar surface area (TPSA) is 40.5 Å². The van der Waals surface area contributed by atoms with Crippen molar-refractivity contribution in [3.05, 3.63) is 41.2 Å². The number of aliphatic carboxylic acids is 1. The Morgan fingerprint density at radius 2 is 2.24 bits per heavy atom. The molecule has 1 rings (SSSR count). The van der Waals surface area contributed by atoms with Crippen molar-refractivity contribution in [2.45, 2.75) is 13.5 Å². The van der Waals surface area contributed by atoms with E-state index < -0.39 is 5.97 Å². The molecule has 0 saturated carbocycles. The number of carboxylic acid groups (broad SMARTS) is 1. The molecule has 0 amide bonds. The first-order valence-electron chi connectivity index (χ1n) is 5.41. The van der Waals surface area contributed by atoms with Crippen LogP contribution in [0.15, 0.2) is 24.3 Å². The quantitative estimate of drug-likeness (QED) is 0.799. The molecular weight excluding hydrogens is 221 g/mol. The monoisotopic (exact) mass is 237 g/mol. The van der Waals surface area contributed by atoms with Gasteiger partial charge in [-0.3, -0.25) is 0 Å². The third-order valence-corrected chi connectivity index (χ3v) is 2.49. The van der Waals surface area contributed by atoms with E-state index in [4.69, 9.17) is 5.11 Å². The molecule has 92 valence electrons. The molecule has 0 heterocycles. The molecule has 0 saturated heterocycles. The summed E-state index contributed by atoms with van der Waals surface area (Å²) in [4.78, 5) is 12.5. The van der Waals surface area contributed by atoms with Crippen LogP contribution >= 0.6 is 0 Å². The van der Waals surface area contributed by atoms with Crippen LogP contribution in [-0.4, -0.2) is 29.6 Å². The van der Waals surface area contributed by atoms with Crippen LogP contribution in [0.1, 0.15) is 18.1 Å². The molecule has 4 heteroatoms. The van der Waals surface area contributed by atoms with Gasteiger partial charge in [-0.25, -0.2) is 9.18 Å². The summed E-state index contributed by atoms with van der Waals surface area (Å²) in [5, 5.41) is 8.57. The van der Waals surface area contributed by atoms with Crippen molar-refractivity contribution in [2.24, 2.45) is 0 Å². The molecule has 0 radical (unpaired) electrons. The minimum atomic E-state index is -1.04. The third-order valence-electron chi connectivity index (χ3n) is 2.49. The Morgan fingerprint density at radius 3 is 2.82 bits per heavy atom. The standard InChI is InChI=1S/C13H16FNO2/c1-3-15(2)9-11-4-6-12(14)8-10(11)5-7-13(16)17/h4-8H,3,9H2,1-2H3,(H,16,17)/b7-5+. The maximum Gasteiger partial charge on any atom is 0.328 e. The fourth-order valence-electron chi connectivity index (χ4n) is 1.43. The molecule has 0 aliphatic carbocycles. The molecule has 0 aliphatic rings. The van der Waals surface area contributed by atoms with E-state index in [9.17, 15) is 9.18 Å². The van der Waals surface area contributed by atoms with Gasteiger partial charge in [0, 0.05) is 12.6 Å². The molecule has 1 N–H and O–H groups in total. The molecule has 0 unspecified atom stereocenters. The highest BCUT2D eigenvalue weighted by atomic mass is 19.1. The summed E-state index contributed by atoms with van der Waals surface area (Å²) in [6, 6.07) is 4.41. The van der Waals surface area contributed by atoms with Crippen molar-refractivity contribution >= 4 is 12.0 Å². The summed E-state index contributed by atoms with van der Waals surface area (Å²) in [6.07, 6.45) is 2.44. The Kier molecular flexibility index (Phi) is 4.84. The number of hydrogen-bond acceptors (Lipinski definition) is 2. The summed E-state index contributed by atoms with van der Waals surface area (Å²) in [5.74, 6) is -1.40. The van der Waals surface area contributed by atoms with E-state index in [0.29, 0.717) is 12.1 Å². The van der Waals surface area contributed by atoms with Gasteiger partial charge in [-0.1, -0.05) is 13.0 Å².